The summed E-state index contributed by atoms with van der Waals surface area (Å²) in [6.45, 7) is 0.376. The minimum Gasteiger partial charge on any atom is -0.479 e. The Morgan fingerprint density at radius 2 is 2.20 bits per heavy atom. The molecule has 9 heteroatoms. The number of ether oxygens (including phenoxy) is 2. The summed E-state index contributed by atoms with van der Waals surface area (Å²) < 4.78 is 13.1. The molecule has 0 radical (unpaired) electrons. The maximum atomic E-state index is 11.3. The smallest absolute Gasteiger partial charge is 0.332 e. The molecule has 0 aliphatic carbocycles. The van der Waals surface area contributed by atoms with Crippen LogP contribution in [0.2, 0.25) is 0 Å². The third-order valence-electron chi connectivity index (χ3n) is 5.36. The molecule has 2 aromatic heterocycles. The highest BCUT2D eigenvalue weighted by atomic mass is 16.5. The normalized spacial score (nSPS) is 21.2. The van der Waals surface area contributed by atoms with E-state index < -0.39 is 17.6 Å². The Morgan fingerprint density at radius 1 is 1.40 bits per heavy atom. The zero-order valence-corrected chi connectivity index (χ0v) is 16.2. The molecule has 1 aromatic carbocycles. The SMILES string of the molecule is N#CCC1(n2nc(N)c3c(OCc4ccccc4)nccc32)CCC(C(=O)O)OC1. The topological polar surface area (TPSA) is 136 Å². The fraction of sp³-hybridized carbons (Fsp3) is 0.333. The molecule has 1 saturated heterocycles. The van der Waals surface area contributed by atoms with Crippen LogP contribution in [0.15, 0.2) is 42.6 Å². The number of nitrogens with two attached hydrogens (primary N) is 1. The van der Waals surface area contributed by atoms with Gasteiger partial charge in [0.15, 0.2) is 11.9 Å². The number of benzene rings is 1. The summed E-state index contributed by atoms with van der Waals surface area (Å²) in [5, 5.41) is 23.7. The number of nitriles is 1. The quantitative estimate of drug-likeness (QED) is 0.636. The van der Waals surface area contributed by atoms with Crippen LogP contribution in [-0.4, -0.2) is 38.6 Å². The first-order valence-electron chi connectivity index (χ1n) is 9.56. The Hall–Kier alpha value is -3.64. The number of pyridine rings is 1. The number of carboxylic acids is 1. The lowest BCUT2D eigenvalue weighted by Crippen LogP contribution is -2.46. The highest BCUT2D eigenvalue weighted by Gasteiger charge is 2.42. The molecule has 154 valence electrons. The van der Waals surface area contributed by atoms with E-state index in [2.05, 4.69) is 16.2 Å². The number of rotatable bonds is 6. The highest BCUT2D eigenvalue weighted by molar-refractivity contribution is 5.93. The summed E-state index contributed by atoms with van der Waals surface area (Å²) in [4.78, 5) is 15.6. The van der Waals surface area contributed by atoms with Gasteiger partial charge in [0, 0.05) is 6.20 Å². The van der Waals surface area contributed by atoms with Crippen molar-refractivity contribution in [3.8, 4) is 11.9 Å². The number of fused-ring (bicyclic) bond motifs is 1. The van der Waals surface area contributed by atoms with Gasteiger partial charge in [-0.2, -0.15) is 10.4 Å². The number of carbonyl (C=O) groups is 1. The molecule has 0 amide bonds. The molecule has 3 heterocycles. The van der Waals surface area contributed by atoms with Crippen LogP contribution in [0, 0.1) is 11.3 Å². The van der Waals surface area contributed by atoms with Crippen molar-refractivity contribution in [1.29, 1.82) is 5.26 Å². The van der Waals surface area contributed by atoms with Gasteiger partial charge in [-0.1, -0.05) is 30.3 Å². The van der Waals surface area contributed by atoms with E-state index in [-0.39, 0.29) is 25.3 Å². The summed E-state index contributed by atoms with van der Waals surface area (Å²) in [6.07, 6.45) is 1.53. The average molecular weight is 407 g/mol. The second-order valence-corrected chi connectivity index (χ2v) is 7.32. The van der Waals surface area contributed by atoms with Crippen LogP contribution < -0.4 is 10.5 Å². The van der Waals surface area contributed by atoms with E-state index in [0.717, 1.165) is 5.56 Å². The maximum Gasteiger partial charge on any atom is 0.332 e. The first-order chi connectivity index (χ1) is 14.5. The number of carboxylic acid groups (broad SMARTS) is 1. The summed E-state index contributed by atoms with van der Waals surface area (Å²) in [5.74, 6) is -0.419. The number of hydrogen-bond donors (Lipinski definition) is 2. The third-order valence-corrected chi connectivity index (χ3v) is 5.36. The fourth-order valence-corrected chi connectivity index (χ4v) is 3.79. The van der Waals surface area contributed by atoms with Gasteiger partial charge in [0.05, 0.1) is 30.2 Å². The first-order valence-corrected chi connectivity index (χ1v) is 9.56. The Bertz CT molecular complexity index is 1100. The molecule has 0 saturated carbocycles. The van der Waals surface area contributed by atoms with Crippen molar-refractivity contribution in [3.63, 3.8) is 0 Å². The molecule has 1 aliphatic heterocycles. The van der Waals surface area contributed by atoms with E-state index in [1.807, 2.05) is 30.3 Å². The molecular weight excluding hydrogens is 386 g/mol. The van der Waals surface area contributed by atoms with E-state index in [4.69, 9.17) is 15.2 Å². The maximum absolute atomic E-state index is 11.3. The van der Waals surface area contributed by atoms with Gasteiger partial charge in [-0.3, -0.25) is 4.68 Å². The van der Waals surface area contributed by atoms with E-state index in [1.54, 1.807) is 16.9 Å². The van der Waals surface area contributed by atoms with Gasteiger partial charge in [0.25, 0.3) is 0 Å². The molecule has 0 bridgehead atoms. The van der Waals surface area contributed by atoms with Crippen LogP contribution in [0.1, 0.15) is 24.8 Å². The number of nitrogens with zero attached hydrogens (tertiary/aromatic N) is 4. The van der Waals surface area contributed by atoms with Crippen LogP contribution in [0.25, 0.3) is 10.9 Å². The molecule has 2 unspecified atom stereocenters. The van der Waals surface area contributed by atoms with Gasteiger partial charge < -0.3 is 20.3 Å². The lowest BCUT2D eigenvalue weighted by Gasteiger charge is -2.38. The minimum absolute atomic E-state index is 0.0519. The molecule has 1 fully saturated rings. The molecule has 3 aromatic rings. The lowest BCUT2D eigenvalue weighted by atomic mass is 9.87. The standard InChI is InChI=1S/C21H21N5O4/c22-10-9-21(8-6-16(20(27)28)30-13-21)26-15-7-11-24-19(17(15)18(23)25-26)29-12-14-4-2-1-3-5-14/h1-5,7,11,16H,6,8-9,12-13H2,(H2,23,25)(H,27,28). The molecule has 4 rings (SSSR count). The highest BCUT2D eigenvalue weighted by Crippen LogP contribution is 2.38. The van der Waals surface area contributed by atoms with Gasteiger partial charge in [0.1, 0.15) is 12.0 Å². The Morgan fingerprint density at radius 3 is 2.87 bits per heavy atom. The van der Waals surface area contributed by atoms with Crippen LogP contribution >= 0.6 is 0 Å². The van der Waals surface area contributed by atoms with Crippen LogP contribution in [0.4, 0.5) is 5.82 Å². The fourth-order valence-electron chi connectivity index (χ4n) is 3.79. The predicted octanol–water partition coefficient (Wildman–Crippen LogP) is 2.47. The minimum atomic E-state index is -1.01. The summed E-state index contributed by atoms with van der Waals surface area (Å²) in [5.41, 5.74) is 7.06. The number of hydrogen-bond acceptors (Lipinski definition) is 7. The predicted molar refractivity (Wildman–Crippen MR) is 108 cm³/mol. The second-order valence-electron chi connectivity index (χ2n) is 7.32. The van der Waals surface area contributed by atoms with Crippen molar-refractivity contribution in [2.24, 2.45) is 0 Å². The largest absolute Gasteiger partial charge is 0.479 e. The van der Waals surface area contributed by atoms with Crippen molar-refractivity contribution in [1.82, 2.24) is 14.8 Å². The van der Waals surface area contributed by atoms with Crippen LogP contribution in [0.3, 0.4) is 0 Å². The van der Waals surface area contributed by atoms with E-state index in [1.165, 1.54) is 0 Å². The number of anilines is 1. The number of aliphatic carboxylic acids is 1. The number of aromatic nitrogens is 3. The first kappa shape index (κ1) is 19.7. The summed E-state index contributed by atoms with van der Waals surface area (Å²) in [6, 6.07) is 13.6. The van der Waals surface area contributed by atoms with Gasteiger partial charge in [-0.15, -0.1) is 0 Å². The van der Waals surface area contributed by atoms with Crippen molar-refractivity contribution in [2.45, 2.75) is 37.5 Å². The van der Waals surface area contributed by atoms with Crippen molar-refractivity contribution >= 4 is 22.7 Å². The van der Waals surface area contributed by atoms with Crippen molar-refractivity contribution in [3.05, 3.63) is 48.2 Å². The van der Waals surface area contributed by atoms with Crippen LogP contribution in [0.5, 0.6) is 5.88 Å². The molecule has 9 nitrogen and oxygen atoms in total. The summed E-state index contributed by atoms with van der Waals surface area (Å²) >= 11 is 0. The van der Waals surface area contributed by atoms with Gasteiger partial charge in [-0.25, -0.2) is 9.78 Å². The average Bonchev–Trinajstić information content (AvgIpc) is 3.11. The zero-order valence-electron chi connectivity index (χ0n) is 16.2. The lowest BCUT2D eigenvalue weighted by molar-refractivity contribution is -0.158. The summed E-state index contributed by atoms with van der Waals surface area (Å²) in [7, 11) is 0. The van der Waals surface area contributed by atoms with E-state index in [9.17, 15) is 15.2 Å². The van der Waals surface area contributed by atoms with Gasteiger partial charge in [-0.05, 0) is 24.5 Å². The monoisotopic (exact) mass is 407 g/mol. The molecule has 30 heavy (non-hydrogen) atoms. The van der Waals surface area contributed by atoms with Crippen molar-refractivity contribution in [2.75, 3.05) is 12.3 Å². The number of nitrogen functional groups attached to an aromatic ring is 1. The Kier molecular flexibility index (Phi) is 5.25. The van der Waals surface area contributed by atoms with Gasteiger partial charge >= 0.3 is 5.97 Å². The van der Waals surface area contributed by atoms with Gasteiger partial charge in [0.2, 0.25) is 5.88 Å². The van der Waals surface area contributed by atoms with Crippen molar-refractivity contribution < 1.29 is 19.4 Å². The second kappa shape index (κ2) is 8.00. The zero-order chi connectivity index (χ0) is 21.1. The molecule has 0 spiro atoms. The van der Waals surface area contributed by atoms with E-state index >= 15 is 0 Å². The molecule has 2 atom stereocenters. The molecular formula is C21H21N5O4. The molecule has 3 N–H and O–H groups in total. The third kappa shape index (κ3) is 3.53. The Balaban J connectivity index is 1.69. The Labute approximate surface area is 172 Å². The van der Waals surface area contributed by atoms with Crippen LogP contribution in [-0.2, 0) is 21.7 Å². The van der Waals surface area contributed by atoms with E-state index in [0.29, 0.717) is 29.8 Å². The molecule has 1 aliphatic rings.